The van der Waals surface area contributed by atoms with Gasteiger partial charge >= 0.3 is 6.36 Å². The molecule has 21 heavy (non-hydrogen) atoms. The van der Waals surface area contributed by atoms with E-state index in [1.807, 2.05) is 0 Å². The molecule has 2 atom stereocenters. The lowest BCUT2D eigenvalue weighted by atomic mass is 10.2. The molecule has 2 unspecified atom stereocenters. The molecule has 1 heterocycles. The zero-order valence-corrected chi connectivity index (χ0v) is 11.0. The molecule has 0 bridgehead atoms. The fourth-order valence-corrected chi connectivity index (χ4v) is 2.03. The highest BCUT2D eigenvalue weighted by Crippen LogP contribution is 2.25. The number of amides is 1. The normalized spacial score (nSPS) is 22.1. The molecule has 1 fully saturated rings. The minimum Gasteiger partial charge on any atom is -0.406 e. The molecule has 1 amide bonds. The van der Waals surface area contributed by atoms with Gasteiger partial charge in [-0.25, -0.2) is 0 Å². The van der Waals surface area contributed by atoms with Crippen molar-refractivity contribution in [3.8, 4) is 5.75 Å². The topological polar surface area (TPSA) is 73.6 Å². The van der Waals surface area contributed by atoms with Crippen LogP contribution in [0.25, 0.3) is 0 Å². The molecule has 8 heteroatoms. The second-order valence-corrected chi connectivity index (χ2v) is 4.62. The number of hydrogen-bond donors (Lipinski definition) is 2. The number of halogens is 3. The van der Waals surface area contributed by atoms with Crippen LogP contribution in [-0.4, -0.2) is 31.0 Å². The third-order valence-electron chi connectivity index (χ3n) is 3.02. The first-order valence-corrected chi connectivity index (χ1v) is 6.39. The molecule has 0 aromatic heterocycles. The van der Waals surface area contributed by atoms with Crippen molar-refractivity contribution in [2.24, 2.45) is 5.73 Å². The maximum atomic E-state index is 12.0. The lowest BCUT2D eigenvalue weighted by Gasteiger charge is -2.13. The van der Waals surface area contributed by atoms with Gasteiger partial charge in [0.2, 0.25) is 0 Å². The molecule has 1 aliphatic heterocycles. The number of nitrogens with two attached hydrogens (primary N) is 1. The number of hydrogen-bond acceptors (Lipinski definition) is 4. The fourth-order valence-electron chi connectivity index (χ4n) is 2.03. The van der Waals surface area contributed by atoms with Gasteiger partial charge in [0, 0.05) is 12.2 Å². The van der Waals surface area contributed by atoms with Crippen molar-refractivity contribution < 1.29 is 27.4 Å². The Kier molecular flexibility index (Phi) is 4.69. The van der Waals surface area contributed by atoms with Gasteiger partial charge in [0.05, 0.1) is 6.10 Å². The SMILES string of the molecule is NCC1CCC(C(=O)Nc2ccc(OC(F)(F)F)cc2)O1. The minimum atomic E-state index is -4.74. The molecule has 0 saturated carbocycles. The van der Waals surface area contributed by atoms with E-state index in [1.165, 1.54) is 12.1 Å². The van der Waals surface area contributed by atoms with Gasteiger partial charge in [0.1, 0.15) is 11.9 Å². The minimum absolute atomic E-state index is 0.122. The fraction of sp³-hybridized carbons (Fsp3) is 0.462. The summed E-state index contributed by atoms with van der Waals surface area (Å²) in [6, 6.07) is 4.91. The van der Waals surface area contributed by atoms with Crippen LogP contribution >= 0.6 is 0 Å². The maximum Gasteiger partial charge on any atom is 0.573 e. The summed E-state index contributed by atoms with van der Waals surface area (Å²) < 4.78 is 45.2. The molecular weight excluding hydrogens is 289 g/mol. The van der Waals surface area contributed by atoms with Gasteiger partial charge in [-0.05, 0) is 37.1 Å². The summed E-state index contributed by atoms with van der Waals surface area (Å²) in [4.78, 5) is 11.9. The van der Waals surface area contributed by atoms with Crippen molar-refractivity contribution in [1.82, 2.24) is 0 Å². The Morgan fingerprint density at radius 3 is 2.52 bits per heavy atom. The van der Waals surface area contributed by atoms with Crippen LogP contribution in [0.3, 0.4) is 0 Å². The third kappa shape index (κ3) is 4.61. The molecule has 116 valence electrons. The molecule has 1 aromatic rings. The van der Waals surface area contributed by atoms with Crippen molar-refractivity contribution >= 4 is 11.6 Å². The average molecular weight is 304 g/mol. The number of carbonyl (C=O) groups is 1. The van der Waals surface area contributed by atoms with Gasteiger partial charge in [0.15, 0.2) is 0 Å². The van der Waals surface area contributed by atoms with E-state index in [2.05, 4.69) is 10.1 Å². The van der Waals surface area contributed by atoms with Crippen molar-refractivity contribution in [2.75, 3.05) is 11.9 Å². The number of alkyl halides is 3. The van der Waals surface area contributed by atoms with Crippen LogP contribution in [-0.2, 0) is 9.53 Å². The molecule has 0 spiro atoms. The van der Waals surface area contributed by atoms with Gasteiger partial charge in [-0.3, -0.25) is 4.79 Å². The highest BCUT2D eigenvalue weighted by Gasteiger charge is 2.31. The van der Waals surface area contributed by atoms with Gasteiger partial charge in [0.25, 0.3) is 5.91 Å². The second-order valence-electron chi connectivity index (χ2n) is 4.62. The van der Waals surface area contributed by atoms with Gasteiger partial charge in [-0.2, -0.15) is 0 Å². The monoisotopic (exact) mass is 304 g/mol. The average Bonchev–Trinajstić information content (AvgIpc) is 2.88. The van der Waals surface area contributed by atoms with E-state index in [4.69, 9.17) is 10.5 Å². The second kappa shape index (κ2) is 6.31. The van der Waals surface area contributed by atoms with Crippen LogP contribution in [0.15, 0.2) is 24.3 Å². The lowest BCUT2D eigenvalue weighted by Crippen LogP contribution is -2.29. The predicted octanol–water partition coefficient (Wildman–Crippen LogP) is 2.03. The van der Waals surface area contributed by atoms with Crippen LogP contribution in [0.5, 0.6) is 5.75 Å². The van der Waals surface area contributed by atoms with E-state index in [9.17, 15) is 18.0 Å². The first-order valence-electron chi connectivity index (χ1n) is 6.39. The number of nitrogens with one attached hydrogen (secondary N) is 1. The summed E-state index contributed by atoms with van der Waals surface area (Å²) >= 11 is 0. The summed E-state index contributed by atoms with van der Waals surface area (Å²) in [5.41, 5.74) is 5.82. The van der Waals surface area contributed by atoms with E-state index in [0.717, 1.165) is 12.1 Å². The maximum absolute atomic E-state index is 12.0. The molecule has 0 radical (unpaired) electrons. The molecular formula is C13H15F3N2O3. The number of carbonyl (C=O) groups excluding carboxylic acids is 1. The quantitative estimate of drug-likeness (QED) is 0.892. The Morgan fingerprint density at radius 1 is 1.33 bits per heavy atom. The van der Waals surface area contributed by atoms with Crippen molar-refractivity contribution in [1.29, 1.82) is 0 Å². The summed E-state index contributed by atoms with van der Waals surface area (Å²) in [6.45, 7) is 0.354. The zero-order valence-electron chi connectivity index (χ0n) is 11.0. The largest absolute Gasteiger partial charge is 0.573 e. The lowest BCUT2D eigenvalue weighted by molar-refractivity contribution is -0.274. The number of ether oxygens (including phenoxy) is 2. The molecule has 0 aliphatic carbocycles. The van der Waals surface area contributed by atoms with Gasteiger partial charge in [-0.15, -0.1) is 13.2 Å². The van der Waals surface area contributed by atoms with Crippen LogP contribution in [0, 0.1) is 0 Å². The smallest absolute Gasteiger partial charge is 0.406 e. The van der Waals surface area contributed by atoms with Crippen molar-refractivity contribution in [3.05, 3.63) is 24.3 Å². The van der Waals surface area contributed by atoms with Gasteiger partial charge in [-0.1, -0.05) is 0 Å². The molecule has 1 aromatic carbocycles. The number of rotatable bonds is 4. The Morgan fingerprint density at radius 2 is 2.00 bits per heavy atom. The molecule has 5 nitrogen and oxygen atoms in total. The molecule has 1 aliphatic rings. The third-order valence-corrected chi connectivity index (χ3v) is 3.02. The summed E-state index contributed by atoms with van der Waals surface area (Å²) in [6.07, 6.45) is -4.15. The Hall–Kier alpha value is -1.80. The van der Waals surface area contributed by atoms with Crippen LogP contribution in [0.2, 0.25) is 0 Å². The van der Waals surface area contributed by atoms with E-state index in [1.54, 1.807) is 0 Å². The first kappa shape index (κ1) is 15.6. The number of benzene rings is 1. The summed E-state index contributed by atoms with van der Waals surface area (Å²) in [7, 11) is 0. The van der Waals surface area contributed by atoms with E-state index in [-0.39, 0.29) is 17.8 Å². The first-order chi connectivity index (χ1) is 9.87. The highest BCUT2D eigenvalue weighted by molar-refractivity contribution is 5.94. The van der Waals surface area contributed by atoms with Crippen LogP contribution in [0.1, 0.15) is 12.8 Å². The molecule has 3 N–H and O–H groups in total. The standard InChI is InChI=1S/C13H15F3N2O3/c14-13(15,16)21-9-3-1-8(2-4-9)18-12(19)11-6-5-10(7-17)20-11/h1-4,10-11H,5-7,17H2,(H,18,19). The summed E-state index contributed by atoms with van der Waals surface area (Å²) in [5, 5.41) is 2.58. The molecule has 2 rings (SSSR count). The Balaban J connectivity index is 1.90. The molecule has 1 saturated heterocycles. The van der Waals surface area contributed by atoms with E-state index in [0.29, 0.717) is 25.1 Å². The summed E-state index contributed by atoms with van der Waals surface area (Å²) in [5.74, 6) is -0.684. The van der Waals surface area contributed by atoms with Crippen LogP contribution in [0.4, 0.5) is 18.9 Å². The van der Waals surface area contributed by atoms with E-state index >= 15 is 0 Å². The van der Waals surface area contributed by atoms with Gasteiger partial charge < -0.3 is 20.5 Å². The predicted molar refractivity (Wildman–Crippen MR) is 68.7 cm³/mol. The Labute approximate surface area is 119 Å². The van der Waals surface area contributed by atoms with Crippen molar-refractivity contribution in [3.63, 3.8) is 0 Å². The Bertz CT molecular complexity index is 490. The zero-order chi connectivity index (χ0) is 15.5. The van der Waals surface area contributed by atoms with Crippen molar-refractivity contribution in [2.45, 2.75) is 31.4 Å². The van der Waals surface area contributed by atoms with E-state index < -0.39 is 12.5 Å². The number of anilines is 1. The highest BCUT2D eigenvalue weighted by atomic mass is 19.4. The van der Waals surface area contributed by atoms with Crippen LogP contribution < -0.4 is 15.8 Å².